The Labute approximate surface area is 149 Å². The van der Waals surface area contributed by atoms with Gasteiger partial charge in [-0.15, -0.1) is 11.3 Å². The molecule has 0 aliphatic carbocycles. The number of benzene rings is 1. The molecule has 2 aromatic heterocycles. The zero-order valence-corrected chi connectivity index (χ0v) is 15.4. The molecule has 2 heterocycles. The van der Waals surface area contributed by atoms with E-state index in [0.29, 0.717) is 21.5 Å². The summed E-state index contributed by atoms with van der Waals surface area (Å²) in [6.07, 6.45) is 0. The summed E-state index contributed by atoms with van der Waals surface area (Å²) in [7, 11) is 0. The fraction of sp³-hybridized carbons (Fsp3) is 0.222. The van der Waals surface area contributed by atoms with E-state index in [9.17, 15) is 4.79 Å². The third kappa shape index (κ3) is 3.09. The molecule has 0 aliphatic heterocycles. The molecule has 1 N–H and O–H groups in total. The lowest BCUT2D eigenvalue weighted by Crippen LogP contribution is -2.13. The van der Waals surface area contributed by atoms with Gasteiger partial charge in [-0.25, -0.2) is 4.98 Å². The fourth-order valence-corrected chi connectivity index (χ4v) is 3.57. The number of carbonyl (C=O) groups is 1. The van der Waals surface area contributed by atoms with Crippen molar-refractivity contribution in [3.63, 3.8) is 0 Å². The van der Waals surface area contributed by atoms with Crippen LogP contribution in [0, 0.1) is 27.7 Å². The van der Waals surface area contributed by atoms with Crippen LogP contribution in [-0.4, -0.2) is 10.9 Å². The topological polar surface area (TPSA) is 55.1 Å². The minimum atomic E-state index is -0.196. The average Bonchev–Trinajstić information content (AvgIpc) is 3.00. The molecule has 0 radical (unpaired) electrons. The lowest BCUT2D eigenvalue weighted by molar-refractivity contribution is 0.102. The molecule has 0 atom stereocenters. The molecule has 0 spiro atoms. The van der Waals surface area contributed by atoms with E-state index in [1.165, 1.54) is 11.3 Å². The van der Waals surface area contributed by atoms with Crippen molar-refractivity contribution in [3.8, 4) is 11.3 Å². The number of rotatable bonds is 3. The molecule has 1 aromatic carbocycles. The standard InChI is InChI=1S/C18H17ClN2O2S/c1-9-10(2)23-11(3)15(9)17(22)21-18-20-16(12(4)24-18)13-5-7-14(19)8-6-13/h5-8H,1-4H3,(H,20,21,22). The minimum absolute atomic E-state index is 0.196. The van der Waals surface area contributed by atoms with Crippen LogP contribution in [0.15, 0.2) is 28.7 Å². The molecule has 0 fully saturated rings. The number of amides is 1. The number of hydrogen-bond donors (Lipinski definition) is 1. The summed E-state index contributed by atoms with van der Waals surface area (Å²) < 4.78 is 5.52. The number of aryl methyl sites for hydroxylation is 3. The van der Waals surface area contributed by atoms with Crippen LogP contribution in [-0.2, 0) is 0 Å². The largest absolute Gasteiger partial charge is 0.466 e. The van der Waals surface area contributed by atoms with Crippen LogP contribution in [0.4, 0.5) is 5.13 Å². The summed E-state index contributed by atoms with van der Waals surface area (Å²) in [5, 5.41) is 4.13. The normalized spacial score (nSPS) is 10.9. The molecule has 0 unspecified atom stereocenters. The highest BCUT2D eigenvalue weighted by Crippen LogP contribution is 2.31. The number of halogens is 1. The monoisotopic (exact) mass is 360 g/mol. The summed E-state index contributed by atoms with van der Waals surface area (Å²) in [4.78, 5) is 18.1. The van der Waals surface area contributed by atoms with Gasteiger partial charge < -0.3 is 4.42 Å². The maximum Gasteiger partial charge on any atom is 0.261 e. The van der Waals surface area contributed by atoms with Crippen LogP contribution in [0.25, 0.3) is 11.3 Å². The van der Waals surface area contributed by atoms with Gasteiger partial charge in [-0.3, -0.25) is 10.1 Å². The number of nitrogens with zero attached hydrogens (tertiary/aromatic N) is 1. The van der Waals surface area contributed by atoms with Gasteiger partial charge in [-0.1, -0.05) is 23.7 Å². The highest BCUT2D eigenvalue weighted by molar-refractivity contribution is 7.16. The Morgan fingerprint density at radius 2 is 1.79 bits per heavy atom. The van der Waals surface area contributed by atoms with Crippen LogP contribution in [0.3, 0.4) is 0 Å². The lowest BCUT2D eigenvalue weighted by Gasteiger charge is -2.01. The summed E-state index contributed by atoms with van der Waals surface area (Å²) >= 11 is 7.38. The molecule has 124 valence electrons. The lowest BCUT2D eigenvalue weighted by atomic mass is 10.1. The molecular formula is C18H17ClN2O2S. The van der Waals surface area contributed by atoms with E-state index < -0.39 is 0 Å². The number of nitrogens with one attached hydrogen (secondary N) is 1. The SMILES string of the molecule is Cc1oc(C)c(C(=O)Nc2nc(-c3ccc(Cl)cc3)c(C)s2)c1C. The van der Waals surface area contributed by atoms with Gasteiger partial charge in [-0.2, -0.15) is 0 Å². The first-order valence-electron chi connectivity index (χ1n) is 7.48. The Kier molecular flexibility index (Phi) is 4.47. The molecule has 24 heavy (non-hydrogen) atoms. The van der Waals surface area contributed by atoms with Crippen molar-refractivity contribution >= 4 is 34.0 Å². The quantitative estimate of drug-likeness (QED) is 0.666. The van der Waals surface area contributed by atoms with Gasteiger partial charge >= 0.3 is 0 Å². The molecule has 1 amide bonds. The third-order valence-corrected chi connectivity index (χ3v) is 5.06. The van der Waals surface area contributed by atoms with Crippen molar-refractivity contribution in [2.75, 3.05) is 5.32 Å². The van der Waals surface area contributed by atoms with Crippen LogP contribution in [0.1, 0.15) is 32.3 Å². The number of anilines is 1. The second-order valence-electron chi connectivity index (χ2n) is 5.60. The minimum Gasteiger partial charge on any atom is -0.466 e. The van der Waals surface area contributed by atoms with Gasteiger partial charge in [0.2, 0.25) is 0 Å². The molecule has 0 saturated carbocycles. The second-order valence-corrected chi connectivity index (χ2v) is 7.24. The Morgan fingerprint density at radius 1 is 1.12 bits per heavy atom. The van der Waals surface area contributed by atoms with E-state index >= 15 is 0 Å². The van der Waals surface area contributed by atoms with E-state index in [4.69, 9.17) is 16.0 Å². The number of furan rings is 1. The third-order valence-electron chi connectivity index (χ3n) is 3.92. The van der Waals surface area contributed by atoms with Gasteiger partial charge in [-0.05, 0) is 39.8 Å². The number of carbonyl (C=O) groups excluding carboxylic acids is 1. The molecule has 3 rings (SSSR count). The summed E-state index contributed by atoms with van der Waals surface area (Å²) in [5.41, 5.74) is 3.26. The predicted molar refractivity (Wildman–Crippen MR) is 98.2 cm³/mol. The van der Waals surface area contributed by atoms with Gasteiger partial charge in [0.15, 0.2) is 5.13 Å². The summed E-state index contributed by atoms with van der Waals surface area (Å²) in [6, 6.07) is 7.50. The highest BCUT2D eigenvalue weighted by Gasteiger charge is 2.20. The van der Waals surface area contributed by atoms with Gasteiger partial charge in [0.1, 0.15) is 11.5 Å². The highest BCUT2D eigenvalue weighted by atomic mass is 35.5. The van der Waals surface area contributed by atoms with Crippen molar-refractivity contribution < 1.29 is 9.21 Å². The summed E-state index contributed by atoms with van der Waals surface area (Å²) in [6.45, 7) is 7.51. The maximum absolute atomic E-state index is 12.5. The van der Waals surface area contributed by atoms with Gasteiger partial charge in [0.05, 0.1) is 11.3 Å². The number of hydrogen-bond acceptors (Lipinski definition) is 4. The van der Waals surface area contributed by atoms with Crippen LogP contribution < -0.4 is 5.32 Å². The zero-order valence-electron chi connectivity index (χ0n) is 13.9. The van der Waals surface area contributed by atoms with Crippen molar-refractivity contribution in [2.45, 2.75) is 27.7 Å². The Morgan fingerprint density at radius 3 is 2.38 bits per heavy atom. The van der Waals surface area contributed by atoms with E-state index in [1.54, 1.807) is 6.92 Å². The number of aromatic nitrogens is 1. The molecule has 0 bridgehead atoms. The van der Waals surface area contributed by atoms with Crippen LogP contribution >= 0.6 is 22.9 Å². The maximum atomic E-state index is 12.5. The van der Waals surface area contributed by atoms with Crippen molar-refractivity contribution in [1.29, 1.82) is 0 Å². The average molecular weight is 361 g/mol. The van der Waals surface area contributed by atoms with Crippen LogP contribution in [0.5, 0.6) is 0 Å². The first-order valence-corrected chi connectivity index (χ1v) is 8.67. The molecule has 3 aromatic rings. The molecule has 0 saturated heterocycles. The van der Waals surface area contributed by atoms with E-state index in [-0.39, 0.29) is 5.91 Å². The first-order chi connectivity index (χ1) is 11.4. The fourth-order valence-electron chi connectivity index (χ4n) is 2.61. The summed E-state index contributed by atoms with van der Waals surface area (Å²) in [5.74, 6) is 1.18. The molecule has 4 nitrogen and oxygen atoms in total. The predicted octanol–water partition coefficient (Wildman–Crippen LogP) is 5.54. The first kappa shape index (κ1) is 16.7. The van der Waals surface area contributed by atoms with E-state index in [0.717, 1.165) is 27.5 Å². The Hall–Kier alpha value is -2.11. The van der Waals surface area contributed by atoms with Gasteiger partial charge in [0.25, 0.3) is 5.91 Å². The van der Waals surface area contributed by atoms with E-state index in [2.05, 4.69) is 10.3 Å². The molecule has 0 aliphatic rings. The van der Waals surface area contributed by atoms with Crippen LogP contribution in [0.2, 0.25) is 5.02 Å². The molecular weight excluding hydrogens is 344 g/mol. The van der Waals surface area contributed by atoms with Crippen molar-refractivity contribution in [2.24, 2.45) is 0 Å². The van der Waals surface area contributed by atoms with E-state index in [1.807, 2.05) is 45.0 Å². The Balaban J connectivity index is 1.88. The smallest absolute Gasteiger partial charge is 0.261 e. The van der Waals surface area contributed by atoms with Gasteiger partial charge in [0, 0.05) is 21.0 Å². The zero-order chi connectivity index (χ0) is 17.4. The molecule has 6 heteroatoms. The van der Waals surface area contributed by atoms with Crippen molar-refractivity contribution in [1.82, 2.24) is 4.98 Å². The Bertz CT molecular complexity index is 910. The second kappa shape index (κ2) is 6.42. The number of thiazole rings is 1. The van der Waals surface area contributed by atoms with Crippen molar-refractivity contribution in [3.05, 3.63) is 56.8 Å².